The minimum absolute atomic E-state index is 0.0386. The summed E-state index contributed by atoms with van der Waals surface area (Å²) in [5.74, 6) is 0.0386. The minimum Gasteiger partial charge on any atom is -0.382 e. The van der Waals surface area contributed by atoms with Gasteiger partial charge in [0.15, 0.2) is 5.11 Å². The summed E-state index contributed by atoms with van der Waals surface area (Å²) in [5.41, 5.74) is 0. The number of carbonyl (C=O) groups excluding carboxylic acids is 1. The van der Waals surface area contributed by atoms with Crippen LogP contribution in [0.15, 0.2) is 0 Å². The first-order valence-corrected chi connectivity index (χ1v) is 6.85. The molecule has 1 amide bonds. The first kappa shape index (κ1) is 17.1. The second-order valence-corrected chi connectivity index (χ2v) is 4.61. The largest absolute Gasteiger partial charge is 0.382 e. The average molecular weight is 275 g/mol. The molecule has 3 N–H and O–H groups in total. The van der Waals surface area contributed by atoms with Crippen LogP contribution in [-0.4, -0.2) is 43.4 Å². The normalized spacial score (nSPS) is 10.2. The van der Waals surface area contributed by atoms with Gasteiger partial charge < -0.3 is 20.7 Å². The third-order valence-corrected chi connectivity index (χ3v) is 2.33. The van der Waals surface area contributed by atoms with E-state index in [1.54, 1.807) is 0 Å². The Labute approximate surface area is 115 Å². The standard InChI is InChI=1S/C12H25N3O2S/c1-4-17-9-5-7-13-12(18)14-8-6-11(16)15-10(2)3/h10H,4-9H2,1-3H3,(H,15,16)(H2,13,14,18). The number of hydrogen-bond acceptors (Lipinski definition) is 3. The van der Waals surface area contributed by atoms with Gasteiger partial charge in [-0.05, 0) is 39.4 Å². The van der Waals surface area contributed by atoms with E-state index in [-0.39, 0.29) is 11.9 Å². The first-order valence-electron chi connectivity index (χ1n) is 6.45. The van der Waals surface area contributed by atoms with E-state index in [0.717, 1.165) is 26.2 Å². The lowest BCUT2D eigenvalue weighted by Gasteiger charge is -2.11. The topological polar surface area (TPSA) is 62.4 Å². The molecule has 106 valence electrons. The van der Waals surface area contributed by atoms with Crippen molar-refractivity contribution in [1.82, 2.24) is 16.0 Å². The van der Waals surface area contributed by atoms with E-state index in [4.69, 9.17) is 17.0 Å². The number of carbonyl (C=O) groups is 1. The molecule has 0 radical (unpaired) electrons. The van der Waals surface area contributed by atoms with Gasteiger partial charge in [-0.3, -0.25) is 4.79 Å². The van der Waals surface area contributed by atoms with E-state index in [2.05, 4.69) is 16.0 Å². The second kappa shape index (κ2) is 11.2. The van der Waals surface area contributed by atoms with Gasteiger partial charge in [0, 0.05) is 38.8 Å². The summed E-state index contributed by atoms with van der Waals surface area (Å²) in [6, 6.07) is 0.182. The maximum Gasteiger partial charge on any atom is 0.221 e. The molecule has 0 aliphatic heterocycles. The van der Waals surface area contributed by atoms with Crippen molar-refractivity contribution >= 4 is 23.2 Å². The van der Waals surface area contributed by atoms with Crippen LogP contribution in [0.3, 0.4) is 0 Å². The molecule has 0 aromatic heterocycles. The molecule has 0 bridgehead atoms. The van der Waals surface area contributed by atoms with Crippen LogP contribution in [0.5, 0.6) is 0 Å². The Morgan fingerprint density at radius 2 is 1.94 bits per heavy atom. The van der Waals surface area contributed by atoms with E-state index in [1.807, 2.05) is 20.8 Å². The summed E-state index contributed by atoms with van der Waals surface area (Å²) in [6.07, 6.45) is 1.35. The highest BCUT2D eigenvalue weighted by Gasteiger charge is 2.02. The Balaban J connectivity index is 3.39. The quantitative estimate of drug-likeness (QED) is 0.429. The van der Waals surface area contributed by atoms with Crippen molar-refractivity contribution in [2.75, 3.05) is 26.3 Å². The smallest absolute Gasteiger partial charge is 0.221 e. The zero-order valence-electron chi connectivity index (χ0n) is 11.5. The van der Waals surface area contributed by atoms with Crippen molar-refractivity contribution in [2.24, 2.45) is 0 Å². The Morgan fingerprint density at radius 1 is 1.28 bits per heavy atom. The number of rotatable bonds is 9. The Morgan fingerprint density at radius 3 is 2.56 bits per heavy atom. The van der Waals surface area contributed by atoms with Crippen molar-refractivity contribution in [2.45, 2.75) is 39.7 Å². The molecular formula is C12H25N3O2S. The molecule has 18 heavy (non-hydrogen) atoms. The molecular weight excluding hydrogens is 250 g/mol. The first-order chi connectivity index (χ1) is 8.56. The van der Waals surface area contributed by atoms with Gasteiger partial charge in [0.25, 0.3) is 0 Å². The number of thiocarbonyl (C=S) groups is 1. The van der Waals surface area contributed by atoms with Crippen LogP contribution in [-0.2, 0) is 9.53 Å². The summed E-state index contributed by atoms with van der Waals surface area (Å²) < 4.78 is 5.21. The lowest BCUT2D eigenvalue weighted by molar-refractivity contribution is -0.121. The molecule has 6 heteroatoms. The third kappa shape index (κ3) is 11.6. The SMILES string of the molecule is CCOCCCNC(=S)NCCC(=O)NC(C)C. The molecule has 5 nitrogen and oxygen atoms in total. The zero-order chi connectivity index (χ0) is 13.8. The molecule has 0 aromatic carbocycles. The maximum atomic E-state index is 11.3. The van der Waals surface area contributed by atoms with Crippen LogP contribution in [0.1, 0.15) is 33.6 Å². The molecule has 0 saturated carbocycles. The maximum absolute atomic E-state index is 11.3. The minimum atomic E-state index is 0.0386. The third-order valence-electron chi connectivity index (χ3n) is 2.04. The highest BCUT2D eigenvalue weighted by atomic mass is 32.1. The van der Waals surface area contributed by atoms with Gasteiger partial charge >= 0.3 is 0 Å². The fourth-order valence-corrected chi connectivity index (χ4v) is 1.47. The van der Waals surface area contributed by atoms with Gasteiger partial charge in [-0.15, -0.1) is 0 Å². The predicted molar refractivity (Wildman–Crippen MR) is 77.6 cm³/mol. The van der Waals surface area contributed by atoms with E-state index in [9.17, 15) is 4.79 Å². The highest BCUT2D eigenvalue weighted by molar-refractivity contribution is 7.80. The predicted octanol–water partition coefficient (Wildman–Crippen LogP) is 0.792. The molecule has 0 unspecified atom stereocenters. The number of nitrogens with one attached hydrogen (secondary N) is 3. The van der Waals surface area contributed by atoms with Gasteiger partial charge in [-0.1, -0.05) is 0 Å². The molecule has 0 saturated heterocycles. The van der Waals surface area contributed by atoms with E-state index in [1.165, 1.54) is 0 Å². The van der Waals surface area contributed by atoms with Crippen LogP contribution in [0.4, 0.5) is 0 Å². The fraction of sp³-hybridized carbons (Fsp3) is 0.833. The molecule has 0 atom stereocenters. The zero-order valence-corrected chi connectivity index (χ0v) is 12.4. The second-order valence-electron chi connectivity index (χ2n) is 4.21. The Hall–Kier alpha value is -0.880. The van der Waals surface area contributed by atoms with Gasteiger partial charge in [0.1, 0.15) is 0 Å². The van der Waals surface area contributed by atoms with Crippen molar-refractivity contribution in [3.05, 3.63) is 0 Å². The van der Waals surface area contributed by atoms with Crippen molar-refractivity contribution in [3.8, 4) is 0 Å². The van der Waals surface area contributed by atoms with Crippen molar-refractivity contribution in [3.63, 3.8) is 0 Å². The summed E-state index contributed by atoms with van der Waals surface area (Å²) in [6.45, 7) is 8.67. The summed E-state index contributed by atoms with van der Waals surface area (Å²) in [4.78, 5) is 11.3. The van der Waals surface area contributed by atoms with Gasteiger partial charge in [-0.25, -0.2) is 0 Å². The molecule has 0 aliphatic rings. The monoisotopic (exact) mass is 275 g/mol. The lowest BCUT2D eigenvalue weighted by Crippen LogP contribution is -2.39. The Kier molecular flexibility index (Phi) is 10.7. The number of ether oxygens (including phenoxy) is 1. The number of hydrogen-bond donors (Lipinski definition) is 3. The molecule has 0 aliphatic carbocycles. The molecule has 0 aromatic rings. The van der Waals surface area contributed by atoms with E-state index < -0.39 is 0 Å². The summed E-state index contributed by atoms with van der Waals surface area (Å²) >= 11 is 5.08. The molecule has 0 spiro atoms. The van der Waals surface area contributed by atoms with E-state index in [0.29, 0.717) is 18.1 Å². The fourth-order valence-electron chi connectivity index (χ4n) is 1.27. The molecule has 0 rings (SSSR count). The summed E-state index contributed by atoms with van der Waals surface area (Å²) in [5, 5.41) is 9.47. The van der Waals surface area contributed by atoms with Crippen molar-refractivity contribution in [1.29, 1.82) is 0 Å². The van der Waals surface area contributed by atoms with Crippen LogP contribution < -0.4 is 16.0 Å². The van der Waals surface area contributed by atoms with E-state index >= 15 is 0 Å². The molecule has 0 heterocycles. The van der Waals surface area contributed by atoms with Gasteiger partial charge in [-0.2, -0.15) is 0 Å². The van der Waals surface area contributed by atoms with Crippen LogP contribution >= 0.6 is 12.2 Å². The van der Waals surface area contributed by atoms with Crippen LogP contribution in [0.2, 0.25) is 0 Å². The van der Waals surface area contributed by atoms with Crippen LogP contribution in [0.25, 0.3) is 0 Å². The lowest BCUT2D eigenvalue weighted by atomic mass is 10.3. The van der Waals surface area contributed by atoms with Crippen molar-refractivity contribution < 1.29 is 9.53 Å². The van der Waals surface area contributed by atoms with Gasteiger partial charge in [0.2, 0.25) is 5.91 Å². The Bertz CT molecular complexity index is 247. The summed E-state index contributed by atoms with van der Waals surface area (Å²) in [7, 11) is 0. The highest BCUT2D eigenvalue weighted by Crippen LogP contribution is 1.83. The average Bonchev–Trinajstić information content (AvgIpc) is 2.27. The van der Waals surface area contributed by atoms with Crippen LogP contribution in [0, 0.1) is 0 Å². The number of amides is 1. The molecule has 0 fully saturated rings. The van der Waals surface area contributed by atoms with Gasteiger partial charge in [0.05, 0.1) is 0 Å².